The molecule has 0 bridgehead atoms. The van der Waals surface area contributed by atoms with Crippen LogP contribution in [0, 0.1) is 5.41 Å². The number of hydrogen-bond donors (Lipinski definition) is 1. The van der Waals surface area contributed by atoms with Crippen LogP contribution in [0.2, 0.25) is 0 Å². The summed E-state index contributed by atoms with van der Waals surface area (Å²) in [5.74, 6) is -0.475. The summed E-state index contributed by atoms with van der Waals surface area (Å²) < 4.78 is 5.15. The highest BCUT2D eigenvalue weighted by Crippen LogP contribution is 2.40. The lowest BCUT2D eigenvalue weighted by Gasteiger charge is -2.32. The van der Waals surface area contributed by atoms with Crippen LogP contribution >= 0.6 is 0 Å². The van der Waals surface area contributed by atoms with Gasteiger partial charge in [0, 0.05) is 11.6 Å². The summed E-state index contributed by atoms with van der Waals surface area (Å²) in [5.41, 5.74) is 4.63. The third-order valence-electron chi connectivity index (χ3n) is 7.03. The Balaban J connectivity index is 1.70. The van der Waals surface area contributed by atoms with Crippen LogP contribution in [0.25, 0.3) is 23.1 Å². The minimum Gasteiger partial charge on any atom is -0.504 e. The summed E-state index contributed by atoms with van der Waals surface area (Å²) in [4.78, 5) is 31.3. The maximum absolute atomic E-state index is 13.5. The number of ether oxygens (including phenoxy) is 1. The van der Waals surface area contributed by atoms with Crippen LogP contribution in [-0.2, 0) is 9.59 Å². The van der Waals surface area contributed by atoms with Crippen molar-refractivity contribution in [3.8, 4) is 11.5 Å². The molecule has 1 heterocycles. The van der Waals surface area contributed by atoms with E-state index in [0.717, 1.165) is 35.7 Å². The molecule has 0 amide bonds. The van der Waals surface area contributed by atoms with Crippen molar-refractivity contribution < 1.29 is 19.4 Å². The number of allylic oxidation sites excluding steroid dienone is 6. The SMILES string of the molecule is COc1cc(/C=C/C(=O)/C(=C/c2cnc3ccccc3c2)C(=O)/C=C/C2=C(C)CCCC2(C)C)ccc1O. The first-order valence-electron chi connectivity index (χ1n) is 12.8. The second kappa shape index (κ2) is 11.4. The number of rotatable bonds is 8. The van der Waals surface area contributed by atoms with Crippen molar-refractivity contribution in [3.05, 3.63) is 101 Å². The van der Waals surface area contributed by atoms with E-state index in [1.54, 1.807) is 30.5 Å². The second-order valence-electron chi connectivity index (χ2n) is 10.3. The molecule has 0 spiro atoms. The highest BCUT2D eigenvalue weighted by atomic mass is 16.5. The number of hydrogen-bond acceptors (Lipinski definition) is 5. The van der Waals surface area contributed by atoms with Gasteiger partial charge in [-0.25, -0.2) is 0 Å². The molecule has 0 radical (unpaired) electrons. The summed E-state index contributed by atoms with van der Waals surface area (Å²) in [6.45, 7) is 6.50. The highest BCUT2D eigenvalue weighted by Gasteiger charge is 2.27. The number of fused-ring (bicyclic) bond motifs is 1. The van der Waals surface area contributed by atoms with E-state index in [0.29, 0.717) is 16.9 Å². The van der Waals surface area contributed by atoms with Crippen LogP contribution in [0.4, 0.5) is 0 Å². The summed E-state index contributed by atoms with van der Waals surface area (Å²) >= 11 is 0. The van der Waals surface area contributed by atoms with E-state index in [1.807, 2.05) is 36.4 Å². The quantitative estimate of drug-likeness (QED) is 0.197. The summed E-state index contributed by atoms with van der Waals surface area (Å²) in [6, 6.07) is 14.4. The molecule has 3 aromatic rings. The molecule has 0 saturated carbocycles. The first-order valence-corrected chi connectivity index (χ1v) is 12.8. The molecule has 1 aromatic heterocycles. The van der Waals surface area contributed by atoms with Crippen molar-refractivity contribution in [2.45, 2.75) is 40.0 Å². The molecule has 194 valence electrons. The standard InChI is InChI=1S/C33H33NO4/c1-22-8-7-17-33(2,3)27(22)13-16-30(36)26(19-24-18-25-9-5-6-10-28(25)34-21-24)29(35)14-11-23-12-15-31(37)32(20-23)38-4/h5-6,9-16,18-21,37H,7-8,17H2,1-4H3/b14-11+,16-13+,26-19-. The summed E-state index contributed by atoms with van der Waals surface area (Å²) in [6.07, 6.45) is 12.8. The normalized spacial score (nSPS) is 15.9. The third kappa shape index (κ3) is 6.17. The Kier molecular flexibility index (Phi) is 8.06. The lowest BCUT2D eigenvalue weighted by atomic mass is 9.72. The van der Waals surface area contributed by atoms with Gasteiger partial charge in [0.25, 0.3) is 0 Å². The molecule has 5 nitrogen and oxygen atoms in total. The zero-order valence-electron chi connectivity index (χ0n) is 22.3. The molecule has 1 aliphatic carbocycles. The molecule has 0 aliphatic heterocycles. The van der Waals surface area contributed by atoms with E-state index in [4.69, 9.17) is 4.74 Å². The number of pyridine rings is 1. The number of ketones is 2. The van der Waals surface area contributed by atoms with Crippen molar-refractivity contribution in [1.29, 1.82) is 0 Å². The van der Waals surface area contributed by atoms with Gasteiger partial charge in [-0.2, -0.15) is 0 Å². The van der Waals surface area contributed by atoms with Gasteiger partial charge in [0.1, 0.15) is 0 Å². The molecule has 5 heteroatoms. The number of phenols is 1. The molecular formula is C33H33NO4. The van der Waals surface area contributed by atoms with E-state index in [9.17, 15) is 14.7 Å². The zero-order chi connectivity index (χ0) is 27.3. The second-order valence-corrected chi connectivity index (χ2v) is 10.3. The number of carbonyl (C=O) groups is 2. The van der Waals surface area contributed by atoms with Gasteiger partial charge < -0.3 is 9.84 Å². The van der Waals surface area contributed by atoms with Gasteiger partial charge in [0.2, 0.25) is 0 Å². The third-order valence-corrected chi connectivity index (χ3v) is 7.03. The topological polar surface area (TPSA) is 76.5 Å². The van der Waals surface area contributed by atoms with Crippen LogP contribution in [0.3, 0.4) is 0 Å². The number of aromatic hydroxyl groups is 1. The average Bonchev–Trinajstić information content (AvgIpc) is 2.90. The maximum Gasteiger partial charge on any atom is 0.189 e. The first kappa shape index (κ1) is 26.8. The molecule has 0 unspecified atom stereocenters. The predicted octanol–water partition coefficient (Wildman–Crippen LogP) is 7.27. The van der Waals surface area contributed by atoms with E-state index in [1.165, 1.54) is 30.9 Å². The van der Waals surface area contributed by atoms with Gasteiger partial charge in [-0.15, -0.1) is 0 Å². The fourth-order valence-electron chi connectivity index (χ4n) is 4.92. The van der Waals surface area contributed by atoms with Gasteiger partial charge in [-0.05, 0) is 90.8 Å². The highest BCUT2D eigenvalue weighted by molar-refractivity contribution is 6.30. The molecule has 38 heavy (non-hydrogen) atoms. The van der Waals surface area contributed by atoms with Gasteiger partial charge >= 0.3 is 0 Å². The average molecular weight is 508 g/mol. The molecule has 1 N–H and O–H groups in total. The fourth-order valence-corrected chi connectivity index (χ4v) is 4.92. The van der Waals surface area contributed by atoms with Gasteiger partial charge in [-0.3, -0.25) is 14.6 Å². The maximum atomic E-state index is 13.5. The number of aromatic nitrogens is 1. The van der Waals surface area contributed by atoms with E-state index < -0.39 is 5.78 Å². The number of nitrogens with zero attached hydrogens (tertiary/aromatic N) is 1. The first-order chi connectivity index (χ1) is 18.2. The fraction of sp³-hybridized carbons (Fsp3) is 0.242. The van der Waals surface area contributed by atoms with E-state index >= 15 is 0 Å². The van der Waals surface area contributed by atoms with Crippen LogP contribution in [-0.4, -0.2) is 28.8 Å². The van der Waals surface area contributed by atoms with Crippen LogP contribution in [0.5, 0.6) is 11.5 Å². The van der Waals surface area contributed by atoms with E-state index in [2.05, 4.69) is 25.8 Å². The van der Waals surface area contributed by atoms with Gasteiger partial charge in [0.05, 0.1) is 18.2 Å². The number of para-hydroxylation sites is 1. The van der Waals surface area contributed by atoms with Crippen molar-refractivity contribution in [3.63, 3.8) is 0 Å². The Morgan fingerprint density at radius 3 is 2.47 bits per heavy atom. The molecule has 4 rings (SSSR count). The Morgan fingerprint density at radius 2 is 1.74 bits per heavy atom. The summed E-state index contributed by atoms with van der Waals surface area (Å²) in [5, 5.41) is 10.8. The lowest BCUT2D eigenvalue weighted by Crippen LogP contribution is -2.19. The van der Waals surface area contributed by atoms with Crippen molar-refractivity contribution >= 4 is 34.6 Å². The molecular weight excluding hydrogens is 474 g/mol. The Labute approximate surface area is 223 Å². The van der Waals surface area contributed by atoms with Gasteiger partial charge in [0.15, 0.2) is 23.1 Å². The number of benzene rings is 2. The Morgan fingerprint density at radius 1 is 1.00 bits per heavy atom. The molecule has 2 aromatic carbocycles. The molecule has 1 aliphatic rings. The zero-order valence-corrected chi connectivity index (χ0v) is 22.3. The van der Waals surface area contributed by atoms with Crippen molar-refractivity contribution in [2.24, 2.45) is 5.41 Å². The number of phenolic OH excluding ortho intramolecular Hbond substituents is 1. The molecule has 0 fully saturated rings. The Hall–Kier alpha value is -4.25. The van der Waals surface area contributed by atoms with E-state index in [-0.39, 0.29) is 22.5 Å². The summed E-state index contributed by atoms with van der Waals surface area (Å²) in [7, 11) is 1.46. The van der Waals surface area contributed by atoms with Crippen LogP contribution in [0.1, 0.15) is 51.2 Å². The number of methoxy groups -OCH3 is 1. The smallest absolute Gasteiger partial charge is 0.189 e. The molecule has 0 saturated heterocycles. The monoisotopic (exact) mass is 507 g/mol. The van der Waals surface area contributed by atoms with Gasteiger partial charge in [-0.1, -0.05) is 55.8 Å². The minimum atomic E-state index is -0.423. The van der Waals surface area contributed by atoms with Crippen molar-refractivity contribution in [2.75, 3.05) is 7.11 Å². The van der Waals surface area contributed by atoms with Crippen LogP contribution < -0.4 is 4.74 Å². The predicted molar refractivity (Wildman–Crippen MR) is 153 cm³/mol. The molecule has 0 atom stereocenters. The largest absolute Gasteiger partial charge is 0.504 e. The van der Waals surface area contributed by atoms with Crippen molar-refractivity contribution in [1.82, 2.24) is 4.98 Å². The van der Waals surface area contributed by atoms with Crippen LogP contribution in [0.15, 0.2) is 89.7 Å². The number of carbonyl (C=O) groups excluding carboxylic acids is 2. The Bertz CT molecular complexity index is 1500. The lowest BCUT2D eigenvalue weighted by molar-refractivity contribution is -0.116. The minimum absolute atomic E-state index is 0.0101.